The number of halogens is 1. The van der Waals surface area contributed by atoms with E-state index < -0.39 is 0 Å². The van der Waals surface area contributed by atoms with Crippen molar-refractivity contribution >= 4 is 28.8 Å². The molecule has 2 aliphatic rings. The van der Waals surface area contributed by atoms with Crippen LogP contribution in [0.3, 0.4) is 0 Å². The molecule has 0 radical (unpaired) electrons. The summed E-state index contributed by atoms with van der Waals surface area (Å²) < 4.78 is 0.850. The quantitative estimate of drug-likeness (QED) is 0.920. The summed E-state index contributed by atoms with van der Waals surface area (Å²) in [6, 6.07) is 4.83. The third-order valence-electron chi connectivity index (χ3n) is 3.89. The fourth-order valence-electron chi connectivity index (χ4n) is 3.04. The molecule has 1 N–H and O–H groups in total. The minimum atomic E-state index is 0.328. The maximum atomic E-state index is 11.8. The number of carbonyl (C=O) groups excluding carboxylic acids is 1. The molecule has 2 saturated heterocycles. The molecule has 5 heteroatoms. The molecule has 3 heterocycles. The predicted molar refractivity (Wildman–Crippen MR) is 74.2 cm³/mol. The van der Waals surface area contributed by atoms with Gasteiger partial charge in [0.05, 0.1) is 4.34 Å². The zero-order valence-corrected chi connectivity index (χ0v) is 11.8. The molecule has 3 nitrogen and oxygen atoms in total. The molecule has 1 aromatic heterocycles. The number of carbonyl (C=O) groups is 1. The van der Waals surface area contributed by atoms with E-state index >= 15 is 0 Å². The van der Waals surface area contributed by atoms with Gasteiger partial charge in [0, 0.05) is 36.5 Å². The molecule has 2 atom stereocenters. The fourth-order valence-corrected chi connectivity index (χ4v) is 4.12. The first kappa shape index (κ1) is 12.5. The Kier molecular flexibility index (Phi) is 3.59. The van der Waals surface area contributed by atoms with E-state index in [0.717, 1.165) is 36.7 Å². The monoisotopic (exact) mass is 284 g/mol. The normalized spacial score (nSPS) is 26.9. The van der Waals surface area contributed by atoms with Crippen molar-refractivity contribution in [2.45, 2.75) is 37.8 Å². The average molecular weight is 285 g/mol. The van der Waals surface area contributed by atoms with E-state index in [1.54, 1.807) is 11.3 Å². The molecule has 2 aliphatic heterocycles. The van der Waals surface area contributed by atoms with Crippen molar-refractivity contribution in [3.05, 3.63) is 21.3 Å². The number of nitrogens with one attached hydrogen (secondary N) is 1. The summed E-state index contributed by atoms with van der Waals surface area (Å²) in [4.78, 5) is 15.1. The molecule has 1 aromatic rings. The molecule has 0 aromatic carbocycles. The highest BCUT2D eigenvalue weighted by atomic mass is 35.5. The molecule has 0 bridgehead atoms. The number of hydrogen-bond donors (Lipinski definition) is 1. The lowest BCUT2D eigenvalue weighted by molar-refractivity contribution is -0.127. The summed E-state index contributed by atoms with van der Waals surface area (Å²) in [6.45, 7) is 1.89. The van der Waals surface area contributed by atoms with Gasteiger partial charge in [0.15, 0.2) is 0 Å². The van der Waals surface area contributed by atoms with Crippen LogP contribution in [0.4, 0.5) is 0 Å². The highest BCUT2D eigenvalue weighted by molar-refractivity contribution is 7.16. The Morgan fingerprint density at radius 3 is 3.17 bits per heavy atom. The largest absolute Gasteiger partial charge is 0.338 e. The third kappa shape index (κ3) is 2.42. The van der Waals surface area contributed by atoms with Crippen molar-refractivity contribution in [1.29, 1.82) is 0 Å². The maximum absolute atomic E-state index is 11.8. The first-order valence-corrected chi connectivity index (χ1v) is 7.70. The Hall–Kier alpha value is -0.580. The van der Waals surface area contributed by atoms with Gasteiger partial charge >= 0.3 is 0 Å². The lowest BCUT2D eigenvalue weighted by Gasteiger charge is -2.20. The molecule has 2 unspecified atom stereocenters. The molecule has 1 amide bonds. The van der Waals surface area contributed by atoms with E-state index in [0.29, 0.717) is 24.4 Å². The van der Waals surface area contributed by atoms with Gasteiger partial charge in [-0.1, -0.05) is 11.6 Å². The minimum absolute atomic E-state index is 0.328. The van der Waals surface area contributed by atoms with Gasteiger partial charge in [0.2, 0.25) is 5.91 Å². The Bertz CT molecular complexity index is 448. The van der Waals surface area contributed by atoms with E-state index in [2.05, 4.69) is 16.3 Å². The highest BCUT2D eigenvalue weighted by Gasteiger charge is 2.41. The molecule has 0 spiro atoms. The summed E-state index contributed by atoms with van der Waals surface area (Å²) in [6.07, 6.45) is 3.99. The molecule has 2 fully saturated rings. The van der Waals surface area contributed by atoms with Crippen molar-refractivity contribution in [3.8, 4) is 0 Å². The van der Waals surface area contributed by atoms with Crippen LogP contribution in [-0.4, -0.2) is 36.0 Å². The van der Waals surface area contributed by atoms with Gasteiger partial charge in [0.1, 0.15) is 0 Å². The second-order valence-electron chi connectivity index (χ2n) is 5.02. The summed E-state index contributed by atoms with van der Waals surface area (Å²) >= 11 is 7.54. The summed E-state index contributed by atoms with van der Waals surface area (Å²) in [7, 11) is 0. The van der Waals surface area contributed by atoms with Gasteiger partial charge in [-0.05, 0) is 31.4 Å². The zero-order valence-electron chi connectivity index (χ0n) is 10.2. The van der Waals surface area contributed by atoms with Crippen molar-refractivity contribution in [2.24, 2.45) is 0 Å². The van der Waals surface area contributed by atoms with Crippen LogP contribution in [0, 0.1) is 0 Å². The number of thiophene rings is 1. The third-order valence-corrected chi connectivity index (χ3v) is 5.18. The first-order chi connectivity index (χ1) is 8.74. The van der Waals surface area contributed by atoms with Gasteiger partial charge in [-0.3, -0.25) is 4.79 Å². The van der Waals surface area contributed by atoms with Crippen LogP contribution < -0.4 is 5.32 Å². The molecule has 0 aliphatic carbocycles. The molecule has 98 valence electrons. The van der Waals surface area contributed by atoms with E-state index in [-0.39, 0.29) is 0 Å². The standard InChI is InChI=1S/C13H17ClN2OS/c14-12-4-3-9(18-12)5-6-15-10-8-13(17)16-7-1-2-11(10)16/h3-4,10-11,15H,1-2,5-8H2. The van der Waals surface area contributed by atoms with Gasteiger partial charge in [-0.2, -0.15) is 0 Å². The second-order valence-corrected chi connectivity index (χ2v) is 6.82. The molecular formula is C13H17ClN2OS. The maximum Gasteiger partial charge on any atom is 0.224 e. The number of nitrogens with zero attached hydrogens (tertiary/aromatic N) is 1. The van der Waals surface area contributed by atoms with Crippen molar-refractivity contribution < 1.29 is 4.79 Å². The Morgan fingerprint density at radius 2 is 2.39 bits per heavy atom. The number of hydrogen-bond acceptors (Lipinski definition) is 3. The van der Waals surface area contributed by atoms with Gasteiger partial charge in [0.25, 0.3) is 0 Å². The second kappa shape index (κ2) is 5.19. The van der Waals surface area contributed by atoms with Gasteiger partial charge < -0.3 is 10.2 Å². The van der Waals surface area contributed by atoms with Gasteiger partial charge in [-0.15, -0.1) is 11.3 Å². The van der Waals surface area contributed by atoms with Crippen LogP contribution in [0.1, 0.15) is 24.1 Å². The van der Waals surface area contributed by atoms with E-state index in [1.165, 1.54) is 4.88 Å². The SMILES string of the molecule is O=C1CC(NCCc2ccc(Cl)s2)C2CCCN12. The van der Waals surface area contributed by atoms with Crippen LogP contribution in [-0.2, 0) is 11.2 Å². The van der Waals surface area contributed by atoms with Crippen LogP contribution in [0.15, 0.2) is 12.1 Å². The predicted octanol–water partition coefficient (Wildman–Crippen LogP) is 2.30. The minimum Gasteiger partial charge on any atom is -0.338 e. The lowest BCUT2D eigenvalue weighted by atomic mass is 10.1. The summed E-state index contributed by atoms with van der Waals surface area (Å²) in [5, 5.41) is 3.54. The van der Waals surface area contributed by atoms with E-state index in [1.807, 2.05) is 6.07 Å². The van der Waals surface area contributed by atoms with Crippen LogP contribution in [0.25, 0.3) is 0 Å². The Morgan fingerprint density at radius 1 is 1.50 bits per heavy atom. The molecule has 3 rings (SSSR count). The number of amides is 1. The number of fused-ring (bicyclic) bond motifs is 1. The average Bonchev–Trinajstić information content (AvgIpc) is 3.00. The molecular weight excluding hydrogens is 268 g/mol. The first-order valence-electron chi connectivity index (χ1n) is 6.51. The topological polar surface area (TPSA) is 32.3 Å². The lowest BCUT2D eigenvalue weighted by Crippen LogP contribution is -2.40. The van der Waals surface area contributed by atoms with Gasteiger partial charge in [-0.25, -0.2) is 0 Å². The summed E-state index contributed by atoms with van der Waals surface area (Å²) in [5.74, 6) is 0.328. The van der Waals surface area contributed by atoms with E-state index in [9.17, 15) is 4.79 Å². The Balaban J connectivity index is 1.50. The fraction of sp³-hybridized carbons (Fsp3) is 0.615. The Labute approximate surface area is 116 Å². The zero-order chi connectivity index (χ0) is 12.5. The van der Waals surface area contributed by atoms with Crippen molar-refractivity contribution in [3.63, 3.8) is 0 Å². The van der Waals surface area contributed by atoms with Crippen LogP contribution in [0.5, 0.6) is 0 Å². The molecule has 0 saturated carbocycles. The van der Waals surface area contributed by atoms with Crippen molar-refractivity contribution in [1.82, 2.24) is 10.2 Å². The van der Waals surface area contributed by atoms with Crippen LogP contribution >= 0.6 is 22.9 Å². The number of rotatable bonds is 4. The summed E-state index contributed by atoms with van der Waals surface area (Å²) in [5.41, 5.74) is 0. The highest BCUT2D eigenvalue weighted by Crippen LogP contribution is 2.29. The van der Waals surface area contributed by atoms with Crippen LogP contribution in [0.2, 0.25) is 4.34 Å². The smallest absolute Gasteiger partial charge is 0.224 e. The van der Waals surface area contributed by atoms with E-state index in [4.69, 9.17) is 11.6 Å². The van der Waals surface area contributed by atoms with Crippen molar-refractivity contribution in [2.75, 3.05) is 13.1 Å². The molecule has 18 heavy (non-hydrogen) atoms.